The molecule has 2 nitrogen and oxygen atoms in total. The third-order valence-corrected chi connectivity index (χ3v) is 12.3. The Labute approximate surface area is 264 Å². The molecular formula is C42H47NO. The lowest BCUT2D eigenvalue weighted by molar-refractivity contribution is 0.286. The molecule has 9 rings (SSSR count). The zero-order valence-corrected chi connectivity index (χ0v) is 26.2. The van der Waals surface area contributed by atoms with Crippen molar-refractivity contribution in [3.8, 4) is 0 Å². The summed E-state index contributed by atoms with van der Waals surface area (Å²) in [5.41, 5.74) is 11.1. The summed E-state index contributed by atoms with van der Waals surface area (Å²) in [4.78, 5) is 2.78. The van der Waals surface area contributed by atoms with Gasteiger partial charge in [-0.15, -0.1) is 0 Å². The summed E-state index contributed by atoms with van der Waals surface area (Å²) in [7, 11) is 0. The molecule has 0 spiro atoms. The molecule has 1 aromatic carbocycles. The monoisotopic (exact) mass is 581 g/mol. The van der Waals surface area contributed by atoms with Crippen LogP contribution in [-0.2, 0) is 19.3 Å². The molecule has 226 valence electrons. The molecule has 0 N–H and O–H groups in total. The number of benzene rings is 1. The Bertz CT molecular complexity index is 1620. The van der Waals surface area contributed by atoms with Crippen LogP contribution in [0.2, 0.25) is 0 Å². The molecule has 44 heavy (non-hydrogen) atoms. The SMILES string of the molecule is C1=CCC(C2=CC(C3CCc4oc5c(c4C3)C=CCC5)CC(c3cccc(N4C5=C(CCCC5)C5CCC=CC54)c3)C2)C=C1. The van der Waals surface area contributed by atoms with E-state index in [-0.39, 0.29) is 0 Å². The normalized spacial score (nSPS) is 32.3. The maximum atomic E-state index is 6.41. The maximum Gasteiger partial charge on any atom is 0.111 e. The van der Waals surface area contributed by atoms with Gasteiger partial charge in [0.05, 0.1) is 6.04 Å². The fourth-order valence-electron chi connectivity index (χ4n) is 10.2. The van der Waals surface area contributed by atoms with Crippen LogP contribution in [0.3, 0.4) is 0 Å². The lowest BCUT2D eigenvalue weighted by Crippen LogP contribution is -2.34. The first-order valence-electron chi connectivity index (χ1n) is 17.9. The van der Waals surface area contributed by atoms with Crippen LogP contribution >= 0.6 is 0 Å². The highest BCUT2D eigenvalue weighted by Crippen LogP contribution is 2.50. The van der Waals surface area contributed by atoms with E-state index in [0.29, 0.717) is 29.7 Å². The Morgan fingerprint density at radius 2 is 1.82 bits per heavy atom. The largest absolute Gasteiger partial charge is 0.465 e. The van der Waals surface area contributed by atoms with E-state index in [4.69, 9.17) is 4.42 Å². The van der Waals surface area contributed by atoms with Crippen LogP contribution < -0.4 is 4.90 Å². The minimum absolute atomic E-state index is 0.530. The van der Waals surface area contributed by atoms with Crippen LogP contribution in [-0.4, -0.2) is 6.04 Å². The Balaban J connectivity index is 1.04. The molecule has 0 bridgehead atoms. The molecular weight excluding hydrogens is 534 g/mol. The highest BCUT2D eigenvalue weighted by atomic mass is 16.3. The average molecular weight is 582 g/mol. The van der Waals surface area contributed by atoms with Crippen molar-refractivity contribution in [2.75, 3.05) is 4.90 Å². The quantitative estimate of drug-likeness (QED) is 0.334. The van der Waals surface area contributed by atoms with Crippen molar-refractivity contribution in [2.45, 2.75) is 102 Å². The average Bonchev–Trinajstić information content (AvgIpc) is 3.64. The van der Waals surface area contributed by atoms with Crippen molar-refractivity contribution in [2.24, 2.45) is 23.7 Å². The van der Waals surface area contributed by atoms with Crippen molar-refractivity contribution in [1.82, 2.24) is 0 Å². The van der Waals surface area contributed by atoms with E-state index in [1.165, 1.54) is 92.5 Å². The van der Waals surface area contributed by atoms with Crippen LogP contribution in [0.15, 0.2) is 94.1 Å². The molecule has 6 aliphatic carbocycles. The summed E-state index contributed by atoms with van der Waals surface area (Å²) in [6, 6.07) is 10.4. The number of furan rings is 1. The summed E-state index contributed by atoms with van der Waals surface area (Å²) in [5, 5.41) is 0. The molecule has 1 aromatic heterocycles. The van der Waals surface area contributed by atoms with Crippen molar-refractivity contribution in [1.29, 1.82) is 0 Å². The van der Waals surface area contributed by atoms with Gasteiger partial charge in [-0.05, 0) is 118 Å². The van der Waals surface area contributed by atoms with E-state index in [2.05, 4.69) is 83.8 Å². The Hall–Kier alpha value is -3.26. The molecule has 0 radical (unpaired) electrons. The van der Waals surface area contributed by atoms with Gasteiger partial charge in [0.25, 0.3) is 0 Å². The van der Waals surface area contributed by atoms with E-state index in [1.807, 2.05) is 0 Å². The van der Waals surface area contributed by atoms with Gasteiger partial charge in [0.1, 0.15) is 11.5 Å². The van der Waals surface area contributed by atoms with Crippen LogP contribution in [0.5, 0.6) is 0 Å². The van der Waals surface area contributed by atoms with Gasteiger partial charge in [0, 0.05) is 47.2 Å². The van der Waals surface area contributed by atoms with Crippen molar-refractivity contribution < 1.29 is 4.42 Å². The fourth-order valence-corrected chi connectivity index (χ4v) is 10.2. The lowest BCUT2D eigenvalue weighted by Gasteiger charge is -2.38. The van der Waals surface area contributed by atoms with Gasteiger partial charge < -0.3 is 9.32 Å². The molecule has 6 atom stereocenters. The third kappa shape index (κ3) is 4.67. The molecule has 2 heterocycles. The van der Waals surface area contributed by atoms with Gasteiger partial charge in [0.2, 0.25) is 0 Å². The minimum Gasteiger partial charge on any atom is -0.465 e. The first kappa shape index (κ1) is 27.1. The topological polar surface area (TPSA) is 16.4 Å². The summed E-state index contributed by atoms with van der Waals surface area (Å²) < 4.78 is 6.41. The number of allylic oxidation sites excluding steroid dienone is 9. The Morgan fingerprint density at radius 3 is 2.77 bits per heavy atom. The molecule has 0 amide bonds. The molecule has 1 aliphatic heterocycles. The number of rotatable bonds is 4. The van der Waals surface area contributed by atoms with Gasteiger partial charge >= 0.3 is 0 Å². The van der Waals surface area contributed by atoms with E-state index in [9.17, 15) is 0 Å². The summed E-state index contributed by atoms with van der Waals surface area (Å²) in [5.74, 6) is 5.74. The first-order chi connectivity index (χ1) is 21.8. The summed E-state index contributed by atoms with van der Waals surface area (Å²) in [6.45, 7) is 0. The predicted molar refractivity (Wildman–Crippen MR) is 182 cm³/mol. The van der Waals surface area contributed by atoms with E-state index >= 15 is 0 Å². The maximum absolute atomic E-state index is 6.41. The van der Waals surface area contributed by atoms with Gasteiger partial charge in [-0.2, -0.15) is 0 Å². The van der Waals surface area contributed by atoms with E-state index in [1.54, 1.807) is 22.4 Å². The van der Waals surface area contributed by atoms with Crippen molar-refractivity contribution in [3.05, 3.63) is 118 Å². The predicted octanol–water partition coefficient (Wildman–Crippen LogP) is 10.6. The molecule has 2 heteroatoms. The highest BCUT2D eigenvalue weighted by molar-refractivity contribution is 5.62. The Morgan fingerprint density at radius 1 is 0.841 bits per heavy atom. The Kier molecular flexibility index (Phi) is 6.94. The van der Waals surface area contributed by atoms with Gasteiger partial charge in [-0.25, -0.2) is 0 Å². The molecule has 7 aliphatic rings. The molecule has 0 fully saturated rings. The number of anilines is 1. The van der Waals surface area contributed by atoms with Gasteiger partial charge in [-0.1, -0.05) is 72.4 Å². The lowest BCUT2D eigenvalue weighted by atomic mass is 9.67. The zero-order chi connectivity index (χ0) is 29.0. The number of nitrogens with zero attached hydrogens (tertiary/aromatic N) is 1. The van der Waals surface area contributed by atoms with Crippen molar-refractivity contribution in [3.63, 3.8) is 0 Å². The third-order valence-electron chi connectivity index (χ3n) is 12.3. The molecule has 6 unspecified atom stereocenters. The van der Waals surface area contributed by atoms with Crippen molar-refractivity contribution >= 4 is 11.8 Å². The summed E-state index contributed by atoms with van der Waals surface area (Å²) in [6.07, 6.45) is 39.0. The number of aryl methyl sites for hydroxylation is 2. The van der Waals surface area contributed by atoms with Crippen LogP contribution in [0.4, 0.5) is 5.69 Å². The molecule has 2 aromatic rings. The second-order valence-electron chi connectivity index (χ2n) is 14.7. The summed E-state index contributed by atoms with van der Waals surface area (Å²) >= 11 is 0. The standard InChI is InChI=1S/C42H47NO/c1-2-11-28(12-3-1)31-23-32(25-33(24-31)30-21-22-42-38(27-30)37-17-6-9-20-41(37)44-42)29-13-10-14-34(26-29)43-39-18-7-4-15-35(39)36-16-5-8-19-40(36)43/h1-3,6-7,10-11,13-14,17-18,24,26,28,30,32-33,35,39H,4-5,8-9,12,15-16,19-23,25,27H2. The first-order valence-corrected chi connectivity index (χ1v) is 17.9. The zero-order valence-electron chi connectivity index (χ0n) is 26.2. The number of hydrogen-bond acceptors (Lipinski definition) is 2. The molecule has 0 saturated heterocycles. The molecule has 0 saturated carbocycles. The van der Waals surface area contributed by atoms with Crippen LogP contribution in [0.1, 0.15) is 105 Å². The van der Waals surface area contributed by atoms with Crippen LogP contribution in [0, 0.1) is 23.7 Å². The highest BCUT2D eigenvalue weighted by Gasteiger charge is 2.41. The number of hydrogen-bond donors (Lipinski definition) is 0. The van der Waals surface area contributed by atoms with E-state index in [0.717, 1.165) is 31.6 Å². The second kappa shape index (κ2) is 11.3. The van der Waals surface area contributed by atoms with E-state index < -0.39 is 0 Å². The fraction of sp³-hybridized carbons (Fsp3) is 0.476. The van der Waals surface area contributed by atoms with Gasteiger partial charge in [-0.3, -0.25) is 0 Å². The smallest absolute Gasteiger partial charge is 0.111 e. The van der Waals surface area contributed by atoms with Crippen LogP contribution in [0.25, 0.3) is 6.08 Å². The number of fused-ring (bicyclic) bond motifs is 5. The minimum atomic E-state index is 0.530. The van der Waals surface area contributed by atoms with Gasteiger partial charge in [0.15, 0.2) is 0 Å². The second-order valence-corrected chi connectivity index (χ2v) is 14.7.